The van der Waals surface area contributed by atoms with Crippen LogP contribution < -0.4 is 5.32 Å². The molecule has 124 valence electrons. The van der Waals surface area contributed by atoms with Gasteiger partial charge in [-0.05, 0) is 18.9 Å². The second kappa shape index (κ2) is 8.17. The van der Waals surface area contributed by atoms with Crippen LogP contribution in [-0.4, -0.2) is 40.3 Å². The van der Waals surface area contributed by atoms with E-state index in [4.69, 9.17) is 0 Å². The molecule has 4 amide bonds. The number of rotatable bonds is 2. The van der Waals surface area contributed by atoms with Crippen LogP contribution in [0.25, 0.3) is 0 Å². The first-order valence-corrected chi connectivity index (χ1v) is 7.54. The van der Waals surface area contributed by atoms with Gasteiger partial charge >= 0.3 is 0 Å². The van der Waals surface area contributed by atoms with E-state index in [1.54, 1.807) is 13.0 Å². The molecule has 1 N–H and O–H groups in total. The first kappa shape index (κ1) is 18.5. The highest BCUT2D eigenvalue weighted by molar-refractivity contribution is 6.50. The van der Waals surface area contributed by atoms with Gasteiger partial charge in [-0.3, -0.25) is 34.4 Å². The molecule has 0 bridgehead atoms. The average molecular weight is 319 g/mol. The molecular weight excluding hydrogens is 298 g/mol. The van der Waals surface area contributed by atoms with Gasteiger partial charge in [0.25, 0.3) is 5.91 Å². The van der Waals surface area contributed by atoms with Gasteiger partial charge in [-0.2, -0.15) is 0 Å². The number of hydrogen-bond acceptors (Lipinski definition) is 5. The molecule has 1 unspecified atom stereocenters. The summed E-state index contributed by atoms with van der Waals surface area (Å²) in [5, 5.41) is 2.14. The van der Waals surface area contributed by atoms with E-state index in [0.717, 1.165) is 4.90 Å². The van der Waals surface area contributed by atoms with Gasteiger partial charge in [-0.15, -0.1) is 0 Å². The second-order valence-corrected chi connectivity index (χ2v) is 4.69. The highest BCUT2D eigenvalue weighted by atomic mass is 16.2. The van der Waals surface area contributed by atoms with Crippen molar-refractivity contribution in [3.8, 4) is 0 Å². The predicted octanol–water partition coefficient (Wildman–Crippen LogP) is 1.11. The summed E-state index contributed by atoms with van der Waals surface area (Å²) in [7, 11) is 0. The lowest BCUT2D eigenvalue weighted by atomic mass is 9.95. The van der Waals surface area contributed by atoms with Crippen molar-refractivity contribution in [3.63, 3.8) is 0 Å². The zero-order valence-electron chi connectivity index (χ0n) is 13.6. The number of amides is 4. The Balaban J connectivity index is 0.00000127. The number of carbonyl (C=O) groups is 4. The van der Waals surface area contributed by atoms with Crippen LogP contribution in [0.15, 0.2) is 29.4 Å². The topological polar surface area (TPSA) is 95.9 Å². The number of likely N-dealkylation sites (tertiary alicyclic amines) is 1. The fraction of sp³-hybridized carbons (Fsp3) is 0.438. The summed E-state index contributed by atoms with van der Waals surface area (Å²) in [5.41, 5.74) is 0.616. The maximum absolute atomic E-state index is 12.4. The number of aliphatic imine (C=N–C) groups is 1. The van der Waals surface area contributed by atoms with Gasteiger partial charge in [-0.1, -0.05) is 26.5 Å². The molecular formula is C16H21N3O4. The maximum Gasteiger partial charge on any atom is 0.280 e. The Morgan fingerprint density at radius 3 is 2.43 bits per heavy atom. The highest BCUT2D eigenvalue weighted by Crippen LogP contribution is 2.23. The minimum Gasteiger partial charge on any atom is -0.295 e. The first-order chi connectivity index (χ1) is 11.0. The quantitative estimate of drug-likeness (QED) is 0.771. The van der Waals surface area contributed by atoms with Crippen molar-refractivity contribution in [2.45, 2.75) is 46.1 Å². The Kier molecular flexibility index (Phi) is 6.56. The van der Waals surface area contributed by atoms with E-state index in [1.165, 1.54) is 6.20 Å². The lowest BCUT2D eigenvalue weighted by Gasteiger charge is -2.34. The monoisotopic (exact) mass is 319 g/mol. The summed E-state index contributed by atoms with van der Waals surface area (Å²) >= 11 is 0. The van der Waals surface area contributed by atoms with Gasteiger partial charge in [0.15, 0.2) is 0 Å². The molecule has 7 nitrogen and oxygen atoms in total. The largest absolute Gasteiger partial charge is 0.295 e. The van der Waals surface area contributed by atoms with Crippen molar-refractivity contribution >= 4 is 29.3 Å². The molecule has 2 aliphatic rings. The molecule has 0 aromatic rings. The lowest BCUT2D eigenvalue weighted by Crippen LogP contribution is -2.59. The van der Waals surface area contributed by atoms with E-state index < -0.39 is 29.7 Å². The second-order valence-electron chi connectivity index (χ2n) is 4.69. The number of nitrogens with zero attached hydrogens (tertiary/aromatic N) is 2. The molecule has 2 heterocycles. The Bertz CT molecular complexity index is 604. The van der Waals surface area contributed by atoms with E-state index in [2.05, 4.69) is 16.9 Å². The van der Waals surface area contributed by atoms with Crippen molar-refractivity contribution in [1.82, 2.24) is 10.2 Å². The van der Waals surface area contributed by atoms with Gasteiger partial charge < -0.3 is 0 Å². The summed E-state index contributed by atoms with van der Waals surface area (Å²) in [6.45, 7) is 9.15. The van der Waals surface area contributed by atoms with Crippen LogP contribution in [0, 0.1) is 0 Å². The van der Waals surface area contributed by atoms with Crippen LogP contribution in [0.4, 0.5) is 0 Å². The molecule has 2 aliphatic heterocycles. The van der Waals surface area contributed by atoms with Gasteiger partial charge in [0.1, 0.15) is 11.8 Å². The van der Waals surface area contributed by atoms with Gasteiger partial charge in [0, 0.05) is 12.6 Å². The Hall–Kier alpha value is -2.57. The molecule has 0 spiro atoms. The third kappa shape index (κ3) is 3.80. The SMILES string of the molecule is C=CN=C1C(=O)N(C2CCC(=O)NC2=O)C(=O)C/C1=C/C.CC. The molecule has 2 saturated heterocycles. The molecule has 0 aromatic carbocycles. The van der Waals surface area contributed by atoms with Crippen molar-refractivity contribution in [2.75, 3.05) is 0 Å². The van der Waals surface area contributed by atoms with Crippen molar-refractivity contribution in [1.29, 1.82) is 0 Å². The molecule has 7 heteroatoms. The number of piperidine rings is 2. The van der Waals surface area contributed by atoms with E-state index in [9.17, 15) is 19.2 Å². The number of nitrogens with one attached hydrogen (secondary N) is 1. The molecule has 2 rings (SSSR count). The van der Waals surface area contributed by atoms with E-state index >= 15 is 0 Å². The van der Waals surface area contributed by atoms with Crippen LogP contribution in [-0.2, 0) is 19.2 Å². The van der Waals surface area contributed by atoms with Crippen molar-refractivity contribution in [2.24, 2.45) is 4.99 Å². The standard InChI is InChI=1S/C14H15N3O4.C2H6/c1-3-8-7-11(19)17(14(21)12(8)15-4-2)9-5-6-10(18)16-13(9)20;1-2/h3-4,9H,2,5-7H2,1H3,(H,16,18,20);1-2H3/b8-3-,15-12?;. The fourth-order valence-electron chi connectivity index (χ4n) is 2.41. The normalized spacial score (nSPS) is 25.2. The van der Waals surface area contributed by atoms with Crippen LogP contribution in [0.1, 0.15) is 40.0 Å². The van der Waals surface area contributed by atoms with Crippen molar-refractivity contribution < 1.29 is 19.2 Å². The minimum absolute atomic E-state index is 0.00730. The van der Waals surface area contributed by atoms with Gasteiger partial charge in [-0.25, -0.2) is 0 Å². The summed E-state index contributed by atoms with van der Waals surface area (Å²) in [6.07, 6.45) is 3.08. The van der Waals surface area contributed by atoms with Crippen LogP contribution in [0.5, 0.6) is 0 Å². The van der Waals surface area contributed by atoms with Crippen LogP contribution in [0.3, 0.4) is 0 Å². The van der Waals surface area contributed by atoms with Crippen molar-refractivity contribution in [3.05, 3.63) is 24.4 Å². The van der Waals surface area contributed by atoms with Gasteiger partial charge in [0.2, 0.25) is 17.7 Å². The zero-order valence-corrected chi connectivity index (χ0v) is 13.6. The number of carbonyl (C=O) groups excluding carboxylic acids is 4. The Morgan fingerprint density at radius 1 is 1.26 bits per heavy atom. The first-order valence-electron chi connectivity index (χ1n) is 7.54. The third-order valence-electron chi connectivity index (χ3n) is 3.43. The van der Waals surface area contributed by atoms with E-state index in [-0.39, 0.29) is 25.0 Å². The summed E-state index contributed by atoms with van der Waals surface area (Å²) < 4.78 is 0. The smallest absolute Gasteiger partial charge is 0.280 e. The van der Waals surface area contributed by atoms with Crippen LogP contribution in [0.2, 0.25) is 0 Å². The Morgan fingerprint density at radius 2 is 1.91 bits per heavy atom. The van der Waals surface area contributed by atoms with Gasteiger partial charge in [0.05, 0.1) is 6.42 Å². The number of imide groups is 2. The molecule has 0 saturated carbocycles. The molecule has 0 aliphatic carbocycles. The summed E-state index contributed by atoms with van der Waals surface area (Å²) in [5.74, 6) is -2.13. The fourth-order valence-corrected chi connectivity index (χ4v) is 2.41. The van der Waals surface area contributed by atoms with E-state index in [1.807, 2.05) is 13.8 Å². The van der Waals surface area contributed by atoms with Crippen LogP contribution >= 0.6 is 0 Å². The number of hydrogen-bond donors (Lipinski definition) is 1. The molecule has 23 heavy (non-hydrogen) atoms. The Labute approximate surface area is 135 Å². The average Bonchev–Trinajstić information content (AvgIpc) is 2.53. The predicted molar refractivity (Wildman–Crippen MR) is 85.4 cm³/mol. The molecule has 0 radical (unpaired) electrons. The maximum atomic E-state index is 12.4. The minimum atomic E-state index is -0.962. The molecule has 1 atom stereocenters. The third-order valence-corrected chi connectivity index (χ3v) is 3.43. The summed E-state index contributed by atoms with van der Waals surface area (Å²) in [6, 6.07) is -0.962. The number of allylic oxidation sites excluding steroid dienone is 1. The zero-order chi connectivity index (χ0) is 17.6. The van der Waals surface area contributed by atoms with E-state index in [0.29, 0.717) is 5.57 Å². The summed E-state index contributed by atoms with van der Waals surface area (Å²) in [4.78, 5) is 52.4. The molecule has 2 fully saturated rings. The highest BCUT2D eigenvalue weighted by Gasteiger charge is 2.43. The lowest BCUT2D eigenvalue weighted by molar-refractivity contribution is -0.152. The molecule has 0 aromatic heterocycles.